The van der Waals surface area contributed by atoms with Crippen LogP contribution in [0.15, 0.2) is 52.5 Å². The van der Waals surface area contributed by atoms with E-state index in [9.17, 15) is 31.2 Å². The molecule has 0 aliphatic rings. The predicted octanol–water partition coefficient (Wildman–Crippen LogP) is 2.49. The SMILES string of the molecule is NC(N)=NOCCCOc1ccc(C[C@H](NS(=O)(=O)c2ccc(Cl)cc2Cl)C(=O)OC(=O)C(F)(F)F)cc1. The summed E-state index contributed by atoms with van der Waals surface area (Å²) in [6.07, 6.45) is -5.54. The lowest BCUT2D eigenvalue weighted by atomic mass is 10.1. The van der Waals surface area contributed by atoms with Crippen molar-refractivity contribution in [2.45, 2.75) is 30.0 Å². The third-order valence-electron chi connectivity index (χ3n) is 4.37. The highest BCUT2D eigenvalue weighted by atomic mass is 35.5. The van der Waals surface area contributed by atoms with Crippen molar-refractivity contribution in [2.75, 3.05) is 13.2 Å². The van der Waals surface area contributed by atoms with Crippen LogP contribution in [0, 0.1) is 0 Å². The van der Waals surface area contributed by atoms with E-state index in [1.165, 1.54) is 30.3 Å². The van der Waals surface area contributed by atoms with Gasteiger partial charge in [-0.2, -0.15) is 17.9 Å². The van der Waals surface area contributed by atoms with E-state index in [0.717, 1.165) is 12.1 Å². The summed E-state index contributed by atoms with van der Waals surface area (Å²) in [6, 6.07) is 7.22. The average Bonchev–Trinajstić information content (AvgIpc) is 2.80. The Hall–Kier alpha value is -3.27. The molecule has 5 N–H and O–H groups in total. The molecule has 2 rings (SSSR count). The number of sulfonamides is 1. The van der Waals surface area contributed by atoms with Crippen LogP contribution in [0.5, 0.6) is 5.75 Å². The fraction of sp³-hybridized carbons (Fsp3) is 0.286. The molecule has 0 saturated carbocycles. The van der Waals surface area contributed by atoms with Crippen LogP contribution < -0.4 is 20.9 Å². The summed E-state index contributed by atoms with van der Waals surface area (Å²) < 4.78 is 74.8. The van der Waals surface area contributed by atoms with E-state index >= 15 is 0 Å². The fourth-order valence-electron chi connectivity index (χ4n) is 2.73. The standard InChI is InChI=1S/C21H21Cl2F3N4O7S/c22-13-4-7-17(15(23)11-13)38(33,34)30-16(18(31)37-19(32)21(24,25)26)10-12-2-5-14(6-3-12)35-8-1-9-36-29-20(27)28/h2-7,11,16,30H,1,8-10H2,(H4,27,28,29)/t16-/m0/s1. The largest absolute Gasteiger partial charge is 0.493 e. The van der Waals surface area contributed by atoms with E-state index < -0.39 is 45.5 Å². The van der Waals surface area contributed by atoms with Crippen molar-refractivity contribution in [1.82, 2.24) is 4.72 Å². The summed E-state index contributed by atoms with van der Waals surface area (Å²) >= 11 is 11.7. The summed E-state index contributed by atoms with van der Waals surface area (Å²) in [7, 11) is -4.57. The molecular formula is C21H21Cl2F3N4O7S. The highest BCUT2D eigenvalue weighted by molar-refractivity contribution is 7.89. The molecule has 0 heterocycles. The molecule has 0 radical (unpaired) electrons. The molecule has 0 fully saturated rings. The molecule has 17 heteroatoms. The Labute approximate surface area is 224 Å². The van der Waals surface area contributed by atoms with E-state index in [-0.39, 0.29) is 29.2 Å². The molecule has 11 nitrogen and oxygen atoms in total. The molecule has 2 aromatic rings. The second kappa shape index (κ2) is 13.5. The maximum Gasteiger partial charge on any atom is 0.491 e. The molecule has 0 amide bonds. The Morgan fingerprint density at radius 1 is 1.05 bits per heavy atom. The number of hydrogen-bond acceptors (Lipinski definition) is 8. The summed E-state index contributed by atoms with van der Waals surface area (Å²) in [4.78, 5) is 27.9. The summed E-state index contributed by atoms with van der Waals surface area (Å²) in [5.74, 6) is -4.42. The lowest BCUT2D eigenvalue weighted by Gasteiger charge is -2.18. The Morgan fingerprint density at radius 2 is 1.71 bits per heavy atom. The first-order valence-corrected chi connectivity index (χ1v) is 12.7. The van der Waals surface area contributed by atoms with Crippen LogP contribution in [0.3, 0.4) is 0 Å². The van der Waals surface area contributed by atoms with Gasteiger partial charge in [0.05, 0.1) is 11.6 Å². The van der Waals surface area contributed by atoms with Crippen molar-refractivity contribution in [3.05, 3.63) is 58.1 Å². The number of nitrogens with one attached hydrogen (secondary N) is 1. The molecule has 0 aliphatic carbocycles. The monoisotopic (exact) mass is 600 g/mol. The van der Waals surface area contributed by atoms with Crippen molar-refractivity contribution >= 4 is 51.1 Å². The number of guanidine groups is 1. The quantitative estimate of drug-likeness (QED) is 0.0825. The molecule has 208 valence electrons. The number of benzene rings is 2. The number of esters is 2. The number of ether oxygens (including phenoxy) is 2. The third-order valence-corrected chi connectivity index (χ3v) is 6.56. The van der Waals surface area contributed by atoms with Crippen LogP contribution in [-0.4, -0.2) is 51.7 Å². The van der Waals surface area contributed by atoms with Gasteiger partial charge in [0.25, 0.3) is 0 Å². The van der Waals surface area contributed by atoms with Gasteiger partial charge in [-0.15, -0.1) is 0 Å². The van der Waals surface area contributed by atoms with Crippen LogP contribution >= 0.6 is 23.2 Å². The number of carbonyl (C=O) groups is 2. The van der Waals surface area contributed by atoms with E-state index in [4.69, 9.17) is 44.2 Å². The minimum Gasteiger partial charge on any atom is -0.493 e. The average molecular weight is 601 g/mol. The van der Waals surface area contributed by atoms with E-state index in [0.29, 0.717) is 17.7 Å². The van der Waals surface area contributed by atoms with Crippen molar-refractivity contribution in [1.29, 1.82) is 0 Å². The van der Waals surface area contributed by atoms with Crippen molar-refractivity contribution < 1.29 is 45.5 Å². The molecule has 38 heavy (non-hydrogen) atoms. The van der Waals surface area contributed by atoms with Gasteiger partial charge in [0.1, 0.15) is 23.3 Å². The summed E-state index contributed by atoms with van der Waals surface area (Å²) in [6.45, 7) is 0.393. The van der Waals surface area contributed by atoms with Crippen LogP contribution in [0.1, 0.15) is 12.0 Å². The van der Waals surface area contributed by atoms with Gasteiger partial charge in [0.15, 0.2) is 0 Å². The van der Waals surface area contributed by atoms with Gasteiger partial charge in [-0.3, -0.25) is 0 Å². The van der Waals surface area contributed by atoms with Crippen molar-refractivity contribution in [3.8, 4) is 5.75 Å². The smallest absolute Gasteiger partial charge is 0.491 e. The first-order valence-electron chi connectivity index (χ1n) is 10.4. The summed E-state index contributed by atoms with van der Waals surface area (Å²) in [5.41, 5.74) is 10.5. The highest BCUT2D eigenvalue weighted by Gasteiger charge is 2.44. The normalized spacial score (nSPS) is 12.3. The number of rotatable bonds is 12. The number of halogens is 5. The molecule has 2 aromatic carbocycles. The summed E-state index contributed by atoms with van der Waals surface area (Å²) in [5, 5.41) is 3.14. The lowest BCUT2D eigenvalue weighted by Crippen LogP contribution is -2.45. The second-order valence-electron chi connectivity index (χ2n) is 7.35. The van der Waals surface area contributed by atoms with Crippen molar-refractivity contribution in [3.63, 3.8) is 0 Å². The lowest BCUT2D eigenvalue weighted by molar-refractivity contribution is -0.202. The van der Waals surface area contributed by atoms with Crippen LogP contribution in [0.25, 0.3) is 0 Å². The van der Waals surface area contributed by atoms with Gasteiger partial charge in [-0.1, -0.05) is 35.3 Å². The van der Waals surface area contributed by atoms with Crippen molar-refractivity contribution in [2.24, 2.45) is 16.6 Å². The zero-order valence-corrected chi connectivity index (χ0v) is 21.5. The first-order chi connectivity index (χ1) is 17.7. The van der Waals surface area contributed by atoms with E-state index in [1.54, 1.807) is 0 Å². The Bertz CT molecular complexity index is 1270. The molecule has 0 aliphatic heterocycles. The van der Waals surface area contributed by atoms with Gasteiger partial charge < -0.3 is 25.8 Å². The zero-order valence-electron chi connectivity index (χ0n) is 19.2. The highest BCUT2D eigenvalue weighted by Crippen LogP contribution is 2.26. The molecule has 0 bridgehead atoms. The van der Waals surface area contributed by atoms with Crippen LogP contribution in [0.2, 0.25) is 10.0 Å². The number of carbonyl (C=O) groups excluding carboxylic acids is 2. The first kappa shape index (κ1) is 31.0. The number of nitrogens with zero attached hydrogens (tertiary/aromatic N) is 1. The molecule has 0 unspecified atom stereocenters. The molecule has 1 atom stereocenters. The maximum atomic E-state index is 12.8. The van der Waals surface area contributed by atoms with Gasteiger partial charge in [0, 0.05) is 11.4 Å². The van der Waals surface area contributed by atoms with E-state index in [1.807, 2.05) is 4.72 Å². The number of alkyl halides is 3. The Morgan fingerprint density at radius 3 is 2.29 bits per heavy atom. The topological polar surface area (TPSA) is 172 Å². The molecular weight excluding hydrogens is 580 g/mol. The van der Waals surface area contributed by atoms with Gasteiger partial charge >= 0.3 is 18.1 Å². The fourth-order valence-corrected chi connectivity index (χ4v) is 4.69. The minimum atomic E-state index is -5.48. The van der Waals surface area contributed by atoms with Gasteiger partial charge in [-0.25, -0.2) is 18.0 Å². The molecule has 0 aromatic heterocycles. The molecule has 0 saturated heterocycles. The van der Waals surface area contributed by atoms with E-state index in [2.05, 4.69) is 9.89 Å². The second-order valence-corrected chi connectivity index (χ2v) is 9.88. The number of nitrogens with two attached hydrogens (primary N) is 2. The van der Waals surface area contributed by atoms with Crippen LogP contribution in [0.4, 0.5) is 13.2 Å². The van der Waals surface area contributed by atoms with Gasteiger partial charge in [0.2, 0.25) is 16.0 Å². The zero-order chi connectivity index (χ0) is 28.5. The predicted molar refractivity (Wildman–Crippen MR) is 130 cm³/mol. The Kier molecular flexibility index (Phi) is 11.0. The van der Waals surface area contributed by atoms with Gasteiger partial charge in [-0.05, 0) is 47.5 Å². The number of oxime groups is 1. The Balaban J connectivity index is 2.16. The third kappa shape index (κ3) is 9.89. The van der Waals surface area contributed by atoms with Crippen LogP contribution in [-0.2, 0) is 35.6 Å². The number of hydrogen-bond donors (Lipinski definition) is 3. The maximum absolute atomic E-state index is 12.8. The minimum absolute atomic E-state index is 0.115. The molecule has 0 spiro atoms.